The van der Waals surface area contributed by atoms with E-state index in [9.17, 15) is 9.90 Å². The quantitative estimate of drug-likeness (QED) is 0.0612. The zero-order valence-corrected chi connectivity index (χ0v) is 38.2. The Bertz CT molecular complexity index is 1790. The van der Waals surface area contributed by atoms with Crippen LogP contribution in [0, 0.1) is 0 Å². The lowest BCUT2D eigenvalue weighted by molar-refractivity contribution is 0.00565. The molecular formula is C42H68N6O6Si2. The van der Waals surface area contributed by atoms with E-state index in [4.69, 9.17) is 29.0 Å². The minimum Gasteiger partial charge on any atom is -0.494 e. The highest BCUT2D eigenvalue weighted by atomic mass is 28.3. The van der Waals surface area contributed by atoms with Gasteiger partial charge in [0.05, 0.1) is 29.8 Å². The fourth-order valence-electron chi connectivity index (χ4n) is 7.49. The van der Waals surface area contributed by atoms with Crippen LogP contribution in [-0.2, 0) is 24.5 Å². The predicted molar refractivity (Wildman–Crippen MR) is 229 cm³/mol. The lowest BCUT2D eigenvalue weighted by Gasteiger charge is -2.40. The van der Waals surface area contributed by atoms with Gasteiger partial charge >= 0.3 is 6.09 Å². The van der Waals surface area contributed by atoms with Crippen molar-refractivity contribution in [2.45, 2.75) is 148 Å². The van der Waals surface area contributed by atoms with Crippen molar-refractivity contribution in [3.05, 3.63) is 48.1 Å². The van der Waals surface area contributed by atoms with Gasteiger partial charge in [-0.3, -0.25) is 4.98 Å². The fourth-order valence-corrected chi connectivity index (χ4v) is 9.01. The summed E-state index contributed by atoms with van der Waals surface area (Å²) in [6.45, 7) is 32.0. The second kappa shape index (κ2) is 17.3. The van der Waals surface area contributed by atoms with Crippen LogP contribution in [0.5, 0.6) is 0 Å². The van der Waals surface area contributed by atoms with Gasteiger partial charge < -0.3 is 33.9 Å². The van der Waals surface area contributed by atoms with E-state index in [2.05, 4.69) is 55.7 Å². The molecule has 0 spiro atoms. The van der Waals surface area contributed by atoms with Crippen LogP contribution in [0.4, 0.5) is 10.6 Å². The molecule has 2 aliphatic rings. The first-order valence-corrected chi connectivity index (χ1v) is 27.8. The molecule has 3 atom stereocenters. The molecule has 0 radical (unpaired) electrons. The second-order valence-corrected chi connectivity index (χ2v) is 30.8. The topological polar surface area (TPSA) is 124 Å². The molecule has 0 saturated carbocycles. The first-order chi connectivity index (χ1) is 26.1. The summed E-state index contributed by atoms with van der Waals surface area (Å²) < 4.78 is 27.0. The van der Waals surface area contributed by atoms with Gasteiger partial charge in [-0.1, -0.05) is 51.9 Å². The number of amides is 1. The molecule has 2 saturated heterocycles. The second-order valence-electron chi connectivity index (χ2n) is 19.5. The number of fused-ring (bicyclic) bond motifs is 3. The van der Waals surface area contributed by atoms with Crippen molar-refractivity contribution in [3.8, 4) is 11.1 Å². The molecule has 1 amide bonds. The van der Waals surface area contributed by atoms with Crippen LogP contribution >= 0.6 is 0 Å². The first-order valence-electron chi connectivity index (χ1n) is 20.4. The van der Waals surface area contributed by atoms with Crippen LogP contribution in [0.25, 0.3) is 22.5 Å². The van der Waals surface area contributed by atoms with Crippen molar-refractivity contribution in [3.63, 3.8) is 0 Å². The van der Waals surface area contributed by atoms with Crippen LogP contribution in [0.2, 0.25) is 51.4 Å². The molecule has 1 unspecified atom stereocenters. The molecule has 3 aromatic heterocycles. The van der Waals surface area contributed by atoms with Crippen molar-refractivity contribution >= 4 is 39.5 Å². The van der Waals surface area contributed by atoms with Gasteiger partial charge in [-0.25, -0.2) is 9.78 Å². The van der Waals surface area contributed by atoms with E-state index in [0.717, 1.165) is 66.0 Å². The summed E-state index contributed by atoms with van der Waals surface area (Å²) in [7, 11) is -2.70. The molecule has 14 heteroatoms. The summed E-state index contributed by atoms with van der Waals surface area (Å²) in [5.41, 5.74) is 2.87. The molecule has 2 fully saturated rings. The first kappa shape index (κ1) is 43.8. The predicted octanol–water partition coefficient (Wildman–Crippen LogP) is 9.10. The van der Waals surface area contributed by atoms with Crippen molar-refractivity contribution in [1.82, 2.24) is 24.5 Å². The number of rotatable bonds is 17. The number of aliphatic hydroxyl groups is 1. The van der Waals surface area contributed by atoms with E-state index in [1.165, 1.54) is 0 Å². The molecular weight excluding hydrogens is 741 g/mol. The molecule has 0 aromatic carbocycles. The van der Waals surface area contributed by atoms with Crippen LogP contribution in [0.15, 0.2) is 31.1 Å². The molecule has 0 aliphatic carbocycles. The van der Waals surface area contributed by atoms with Gasteiger partial charge in [0.15, 0.2) is 5.65 Å². The van der Waals surface area contributed by atoms with Crippen LogP contribution in [0.1, 0.15) is 90.1 Å². The molecule has 310 valence electrons. The Kier molecular flexibility index (Phi) is 13.5. The fraction of sp³-hybridized carbons (Fsp3) is 0.667. The van der Waals surface area contributed by atoms with Crippen LogP contribution in [-0.4, -0.2) is 103 Å². The Morgan fingerprint density at radius 2 is 1.54 bits per heavy atom. The standard InChI is InChI=1S/C42H68N6O6Si2/c1-14-53-29(2)36-37(31-23-32-16-17-33(24-31)47(32)40(49)54-41(3,4)5)45-38-34(30-15-18-35(43-25-30)42(6,7)50)26-44-48(38)39(36)46(27-51-19-21-55(8,9)10)28-52-20-22-56(11,12)13/h15,18,25-26,31-33,50H,2,14,16-17,19-24,27-28H2,1,3-13H3/t31?,32-,33+. The zero-order chi connectivity index (χ0) is 41.2. The molecule has 1 N–H and O–H groups in total. The number of piperidine rings is 1. The summed E-state index contributed by atoms with van der Waals surface area (Å²) in [4.78, 5) is 27.7. The minimum absolute atomic E-state index is 0.00282. The minimum atomic E-state index is -1.35. The number of aromatic nitrogens is 4. The summed E-state index contributed by atoms with van der Waals surface area (Å²) in [5, 5.41) is 15.6. The van der Waals surface area contributed by atoms with Gasteiger partial charge in [0, 0.05) is 64.7 Å². The van der Waals surface area contributed by atoms with Crippen molar-refractivity contribution in [2.24, 2.45) is 0 Å². The molecule has 5 heterocycles. The Morgan fingerprint density at radius 3 is 2.02 bits per heavy atom. The highest BCUT2D eigenvalue weighted by Crippen LogP contribution is 2.47. The van der Waals surface area contributed by atoms with Gasteiger partial charge in [0.2, 0.25) is 0 Å². The third kappa shape index (κ3) is 11.0. The zero-order valence-electron chi connectivity index (χ0n) is 36.2. The third-order valence-corrected chi connectivity index (χ3v) is 13.9. The Morgan fingerprint density at radius 1 is 0.946 bits per heavy atom. The van der Waals surface area contributed by atoms with E-state index < -0.39 is 27.3 Å². The van der Waals surface area contributed by atoms with E-state index in [1.807, 2.05) is 55.4 Å². The average molecular weight is 809 g/mol. The van der Waals surface area contributed by atoms with E-state index in [1.54, 1.807) is 20.0 Å². The van der Waals surface area contributed by atoms with Crippen LogP contribution < -0.4 is 4.90 Å². The van der Waals surface area contributed by atoms with E-state index in [-0.39, 0.29) is 37.6 Å². The summed E-state index contributed by atoms with van der Waals surface area (Å²) in [6, 6.07) is 5.92. The normalized spacial score (nSPS) is 19.1. The third-order valence-electron chi connectivity index (χ3n) is 10.5. The Hall–Kier alpha value is -3.31. The number of carbonyl (C=O) groups is 1. The summed E-state index contributed by atoms with van der Waals surface area (Å²) >= 11 is 0. The maximum Gasteiger partial charge on any atom is 0.410 e. The van der Waals surface area contributed by atoms with E-state index in [0.29, 0.717) is 36.9 Å². The average Bonchev–Trinajstić information content (AvgIpc) is 3.62. The van der Waals surface area contributed by atoms with Gasteiger partial charge in [0.25, 0.3) is 0 Å². The SMILES string of the molecule is C=C(OCC)c1c(C2C[C@H]3CC[C@@H](C2)N3C(=O)OC(C)(C)C)nc2c(-c3ccc(C(C)(C)O)nc3)cnn2c1N(COCC[Si](C)(C)C)COCC[Si](C)(C)C. The van der Waals surface area contributed by atoms with Crippen molar-refractivity contribution in [1.29, 1.82) is 0 Å². The smallest absolute Gasteiger partial charge is 0.410 e. The number of carbonyl (C=O) groups excluding carboxylic acids is 1. The number of ether oxygens (including phenoxy) is 4. The lowest BCUT2D eigenvalue weighted by atomic mass is 9.85. The van der Waals surface area contributed by atoms with Crippen LogP contribution in [0.3, 0.4) is 0 Å². The monoisotopic (exact) mass is 808 g/mol. The molecule has 2 aliphatic heterocycles. The van der Waals surface area contributed by atoms with Gasteiger partial charge in [-0.15, -0.1) is 0 Å². The maximum atomic E-state index is 13.5. The van der Waals surface area contributed by atoms with Gasteiger partial charge in [-0.05, 0) is 85.4 Å². The van der Waals surface area contributed by atoms with Crippen molar-refractivity contribution in [2.75, 3.05) is 38.2 Å². The molecule has 2 bridgehead atoms. The number of hydrogen-bond acceptors (Lipinski definition) is 10. The largest absolute Gasteiger partial charge is 0.494 e. The lowest BCUT2D eigenvalue weighted by Crippen LogP contribution is -2.48. The molecule has 5 rings (SSSR count). The summed E-state index contributed by atoms with van der Waals surface area (Å²) in [6.07, 6.45) is 6.64. The number of anilines is 1. The highest BCUT2D eigenvalue weighted by molar-refractivity contribution is 6.76. The Balaban J connectivity index is 1.67. The van der Waals surface area contributed by atoms with Gasteiger partial charge in [-0.2, -0.15) is 9.61 Å². The molecule has 12 nitrogen and oxygen atoms in total. The van der Waals surface area contributed by atoms with Crippen molar-refractivity contribution < 1.29 is 28.8 Å². The number of pyridine rings is 1. The van der Waals surface area contributed by atoms with E-state index >= 15 is 0 Å². The van der Waals surface area contributed by atoms with Gasteiger partial charge in [0.1, 0.15) is 36.2 Å². The Labute approximate surface area is 337 Å². The molecule has 56 heavy (non-hydrogen) atoms. The highest BCUT2D eigenvalue weighted by Gasteiger charge is 2.46. The number of hydrogen-bond donors (Lipinski definition) is 1. The molecule has 3 aromatic rings. The number of nitrogens with zero attached hydrogens (tertiary/aromatic N) is 6. The maximum absolute atomic E-state index is 13.5. The summed E-state index contributed by atoms with van der Waals surface area (Å²) in [5.74, 6) is 1.26.